The zero-order valence-electron chi connectivity index (χ0n) is 22.9. The fraction of sp³-hybridized carbons (Fsp3) is 0.206. The Morgan fingerprint density at radius 2 is 1.68 bits per heavy atom. The number of carbonyl (C=O) groups is 2. The molecule has 1 saturated heterocycles. The first-order chi connectivity index (χ1) is 19.3. The van der Waals surface area contributed by atoms with Gasteiger partial charge in [-0.2, -0.15) is 0 Å². The Kier molecular flexibility index (Phi) is 7.78. The SMILES string of the molecule is Cc1cccc(COc2ccc(/C(O)=C3\C(=O)C(=O)N(Cc4cccnc4)[C@H]3c3ccc(C(C)C)cc3)cc2)c1. The number of nitrogens with zero attached hydrogens (tertiary/aromatic N) is 2. The highest BCUT2D eigenvalue weighted by Crippen LogP contribution is 2.40. The summed E-state index contributed by atoms with van der Waals surface area (Å²) >= 11 is 0. The average molecular weight is 533 g/mol. The van der Waals surface area contributed by atoms with Crippen LogP contribution in [0.3, 0.4) is 0 Å². The number of rotatable bonds is 8. The molecule has 2 heterocycles. The van der Waals surface area contributed by atoms with Crippen molar-refractivity contribution in [1.29, 1.82) is 0 Å². The predicted octanol–water partition coefficient (Wildman–Crippen LogP) is 6.71. The number of aryl methyl sites for hydroxylation is 1. The minimum atomic E-state index is -0.737. The second-order valence-corrected chi connectivity index (χ2v) is 10.4. The smallest absolute Gasteiger partial charge is 0.295 e. The molecule has 1 fully saturated rings. The number of ketones is 1. The topological polar surface area (TPSA) is 79.7 Å². The lowest BCUT2D eigenvalue weighted by Gasteiger charge is -2.25. The Labute approximate surface area is 234 Å². The van der Waals surface area contributed by atoms with E-state index >= 15 is 0 Å². The number of amides is 1. The van der Waals surface area contributed by atoms with Crippen molar-refractivity contribution in [3.8, 4) is 5.75 Å². The molecule has 0 saturated carbocycles. The molecule has 0 bridgehead atoms. The van der Waals surface area contributed by atoms with Gasteiger partial charge in [0, 0.05) is 24.5 Å². The largest absolute Gasteiger partial charge is 0.507 e. The van der Waals surface area contributed by atoms with Crippen molar-refractivity contribution < 1.29 is 19.4 Å². The standard InChI is InChI=1S/C34H32N2O4/c1-22(2)26-9-11-27(12-10-26)31-30(33(38)34(39)36(31)20-25-8-5-17-35-19-25)32(37)28-13-15-29(16-14-28)40-21-24-7-4-6-23(3)18-24/h4-19,22,31,37H,20-21H2,1-3H3/b32-30+/t31-/m0/s1. The van der Waals surface area contributed by atoms with E-state index in [1.807, 2.05) is 55.5 Å². The van der Waals surface area contributed by atoms with Crippen LogP contribution in [-0.2, 0) is 22.7 Å². The van der Waals surface area contributed by atoms with Crippen LogP contribution in [0.1, 0.15) is 59.2 Å². The molecule has 1 atom stereocenters. The Bertz CT molecular complexity index is 1540. The molecule has 4 aromatic rings. The van der Waals surface area contributed by atoms with Gasteiger partial charge in [-0.15, -0.1) is 0 Å². The Hall–Kier alpha value is -4.71. The summed E-state index contributed by atoms with van der Waals surface area (Å²) in [5, 5.41) is 11.4. The number of aromatic nitrogens is 1. The van der Waals surface area contributed by atoms with Crippen LogP contribution in [0.5, 0.6) is 5.75 Å². The van der Waals surface area contributed by atoms with E-state index in [4.69, 9.17) is 4.74 Å². The Morgan fingerprint density at radius 3 is 2.33 bits per heavy atom. The molecule has 0 aliphatic carbocycles. The average Bonchev–Trinajstić information content (AvgIpc) is 3.21. The van der Waals surface area contributed by atoms with Crippen molar-refractivity contribution in [3.63, 3.8) is 0 Å². The van der Waals surface area contributed by atoms with Crippen LogP contribution in [0, 0.1) is 6.92 Å². The van der Waals surface area contributed by atoms with Crippen molar-refractivity contribution in [2.45, 2.75) is 45.9 Å². The second kappa shape index (κ2) is 11.6. The summed E-state index contributed by atoms with van der Waals surface area (Å²) in [5.74, 6) is -0.603. The number of Topliss-reactive ketones (excluding diaryl/α,β-unsaturated/α-hetero) is 1. The number of benzene rings is 3. The van der Waals surface area contributed by atoms with Crippen LogP contribution in [-0.4, -0.2) is 26.7 Å². The van der Waals surface area contributed by atoms with Crippen LogP contribution < -0.4 is 4.74 Å². The first kappa shape index (κ1) is 26.9. The molecule has 0 radical (unpaired) electrons. The summed E-state index contributed by atoms with van der Waals surface area (Å²) in [5.41, 5.74) is 5.43. The van der Waals surface area contributed by atoms with E-state index in [2.05, 4.69) is 24.9 Å². The maximum Gasteiger partial charge on any atom is 0.295 e. The number of aliphatic hydroxyl groups excluding tert-OH is 1. The lowest BCUT2D eigenvalue weighted by molar-refractivity contribution is -0.140. The van der Waals surface area contributed by atoms with E-state index in [-0.39, 0.29) is 17.9 Å². The van der Waals surface area contributed by atoms with Gasteiger partial charge in [-0.3, -0.25) is 14.6 Å². The lowest BCUT2D eigenvalue weighted by atomic mass is 9.93. The summed E-state index contributed by atoms with van der Waals surface area (Å²) in [4.78, 5) is 32.3. The zero-order valence-corrected chi connectivity index (χ0v) is 22.9. The van der Waals surface area contributed by atoms with Gasteiger partial charge in [0.2, 0.25) is 0 Å². The third-order valence-electron chi connectivity index (χ3n) is 7.15. The molecule has 1 amide bonds. The van der Waals surface area contributed by atoms with Crippen LogP contribution in [0.15, 0.2) is 103 Å². The van der Waals surface area contributed by atoms with Gasteiger partial charge in [-0.1, -0.05) is 74.0 Å². The van der Waals surface area contributed by atoms with E-state index in [1.54, 1.807) is 42.7 Å². The minimum absolute atomic E-state index is 0.0691. The Balaban J connectivity index is 1.48. The molecule has 1 N–H and O–H groups in total. The van der Waals surface area contributed by atoms with E-state index in [0.29, 0.717) is 23.8 Å². The van der Waals surface area contributed by atoms with Crippen LogP contribution >= 0.6 is 0 Å². The number of likely N-dealkylation sites (tertiary alicyclic amines) is 1. The first-order valence-corrected chi connectivity index (χ1v) is 13.4. The summed E-state index contributed by atoms with van der Waals surface area (Å²) in [7, 11) is 0. The molecule has 202 valence electrons. The number of aliphatic hydroxyl groups is 1. The summed E-state index contributed by atoms with van der Waals surface area (Å²) in [6.45, 7) is 6.86. The zero-order chi connectivity index (χ0) is 28.2. The molecule has 40 heavy (non-hydrogen) atoms. The fourth-order valence-electron chi connectivity index (χ4n) is 4.97. The number of hydrogen-bond acceptors (Lipinski definition) is 5. The highest BCUT2D eigenvalue weighted by Gasteiger charge is 2.46. The Morgan fingerprint density at radius 1 is 0.950 bits per heavy atom. The first-order valence-electron chi connectivity index (χ1n) is 13.4. The van der Waals surface area contributed by atoms with Crippen LogP contribution in [0.4, 0.5) is 0 Å². The van der Waals surface area contributed by atoms with Gasteiger partial charge < -0.3 is 14.7 Å². The minimum Gasteiger partial charge on any atom is -0.507 e. The molecular weight excluding hydrogens is 500 g/mol. The molecule has 0 spiro atoms. The van der Waals surface area contributed by atoms with Crippen molar-refractivity contribution >= 4 is 17.4 Å². The quantitative estimate of drug-likeness (QED) is 0.155. The van der Waals surface area contributed by atoms with Crippen molar-refractivity contribution in [3.05, 3.63) is 136 Å². The van der Waals surface area contributed by atoms with Gasteiger partial charge in [0.15, 0.2) is 0 Å². The van der Waals surface area contributed by atoms with Gasteiger partial charge in [0.25, 0.3) is 11.7 Å². The van der Waals surface area contributed by atoms with Gasteiger partial charge in [0.1, 0.15) is 18.1 Å². The molecule has 6 heteroatoms. The fourth-order valence-corrected chi connectivity index (χ4v) is 4.97. The molecule has 3 aromatic carbocycles. The third kappa shape index (κ3) is 5.66. The molecular formula is C34H32N2O4. The summed E-state index contributed by atoms with van der Waals surface area (Å²) < 4.78 is 5.92. The predicted molar refractivity (Wildman–Crippen MR) is 155 cm³/mol. The number of ether oxygens (including phenoxy) is 1. The van der Waals surface area contributed by atoms with Crippen LogP contribution in [0.25, 0.3) is 5.76 Å². The monoisotopic (exact) mass is 532 g/mol. The van der Waals surface area contributed by atoms with Gasteiger partial charge in [-0.05, 0) is 65.4 Å². The van der Waals surface area contributed by atoms with E-state index in [9.17, 15) is 14.7 Å². The van der Waals surface area contributed by atoms with Gasteiger partial charge in [-0.25, -0.2) is 0 Å². The number of carbonyl (C=O) groups excluding carboxylic acids is 2. The highest BCUT2D eigenvalue weighted by atomic mass is 16.5. The van der Waals surface area contributed by atoms with Crippen molar-refractivity contribution in [1.82, 2.24) is 9.88 Å². The maximum atomic E-state index is 13.4. The number of hydrogen-bond donors (Lipinski definition) is 1. The number of pyridine rings is 1. The van der Waals surface area contributed by atoms with Crippen molar-refractivity contribution in [2.24, 2.45) is 0 Å². The van der Waals surface area contributed by atoms with Crippen molar-refractivity contribution in [2.75, 3.05) is 0 Å². The molecule has 1 aliphatic rings. The molecule has 1 aliphatic heterocycles. The summed E-state index contributed by atoms with van der Waals surface area (Å²) in [6, 6.07) is 25.8. The van der Waals surface area contributed by atoms with Gasteiger partial charge in [0.05, 0.1) is 11.6 Å². The second-order valence-electron chi connectivity index (χ2n) is 10.4. The molecule has 0 unspecified atom stereocenters. The van der Waals surface area contributed by atoms with E-state index in [1.165, 1.54) is 4.90 Å². The molecule has 1 aromatic heterocycles. The van der Waals surface area contributed by atoms with E-state index < -0.39 is 17.7 Å². The summed E-state index contributed by atoms with van der Waals surface area (Å²) in [6.07, 6.45) is 3.34. The maximum absolute atomic E-state index is 13.4. The molecule has 5 rings (SSSR count). The van der Waals surface area contributed by atoms with Gasteiger partial charge >= 0.3 is 0 Å². The molecule has 6 nitrogen and oxygen atoms in total. The third-order valence-corrected chi connectivity index (χ3v) is 7.15. The van der Waals surface area contributed by atoms with Crippen LogP contribution in [0.2, 0.25) is 0 Å². The van der Waals surface area contributed by atoms with E-state index in [0.717, 1.165) is 27.8 Å². The lowest BCUT2D eigenvalue weighted by Crippen LogP contribution is -2.29. The highest BCUT2D eigenvalue weighted by molar-refractivity contribution is 6.46. The normalized spacial score (nSPS) is 16.5.